The van der Waals surface area contributed by atoms with Gasteiger partial charge < -0.3 is 9.16 Å². The predicted octanol–water partition coefficient (Wildman–Crippen LogP) is 4.55. The van der Waals surface area contributed by atoms with Gasteiger partial charge in [-0.2, -0.15) is 0 Å². The van der Waals surface area contributed by atoms with Crippen molar-refractivity contribution in [1.82, 2.24) is 0 Å². The second-order valence-corrected chi connectivity index (χ2v) is 12.2. The van der Waals surface area contributed by atoms with E-state index in [1.54, 1.807) is 6.08 Å². The summed E-state index contributed by atoms with van der Waals surface area (Å²) < 4.78 is 25.5. The molecule has 0 saturated heterocycles. The first-order valence-corrected chi connectivity index (χ1v) is 10.7. The fourth-order valence-electron chi connectivity index (χ4n) is 2.19. The van der Waals surface area contributed by atoms with Crippen molar-refractivity contribution in [3.63, 3.8) is 0 Å². The number of alkyl halides is 1. The SMILES string of the molecule is C=C1/C(=C/COC(C)=O)C[C@@H](O[Si](C)(C)C(C)(C)C)C[C@H]1F. The maximum atomic E-state index is 14.2. The lowest BCUT2D eigenvalue weighted by molar-refractivity contribution is -0.139. The van der Waals surface area contributed by atoms with Crippen LogP contribution in [0.1, 0.15) is 40.5 Å². The molecule has 0 unspecified atom stereocenters. The van der Waals surface area contributed by atoms with Crippen molar-refractivity contribution in [2.75, 3.05) is 6.61 Å². The van der Waals surface area contributed by atoms with Gasteiger partial charge in [-0.15, -0.1) is 0 Å². The van der Waals surface area contributed by atoms with E-state index in [-0.39, 0.29) is 23.7 Å². The Morgan fingerprint density at radius 3 is 2.55 bits per heavy atom. The Morgan fingerprint density at radius 2 is 2.05 bits per heavy atom. The van der Waals surface area contributed by atoms with Gasteiger partial charge in [-0.25, -0.2) is 4.39 Å². The fraction of sp³-hybridized carbons (Fsp3) is 0.706. The molecule has 1 fully saturated rings. The molecule has 0 heterocycles. The molecule has 22 heavy (non-hydrogen) atoms. The van der Waals surface area contributed by atoms with Gasteiger partial charge in [-0.05, 0) is 41.8 Å². The lowest BCUT2D eigenvalue weighted by Gasteiger charge is -2.41. The Hall–Kier alpha value is -0.943. The third-order valence-corrected chi connectivity index (χ3v) is 9.13. The van der Waals surface area contributed by atoms with Crippen LogP contribution in [0.3, 0.4) is 0 Å². The molecule has 126 valence electrons. The van der Waals surface area contributed by atoms with Gasteiger partial charge in [-0.1, -0.05) is 27.4 Å². The Bertz CT molecular complexity index is 463. The minimum Gasteiger partial charge on any atom is -0.462 e. The van der Waals surface area contributed by atoms with Gasteiger partial charge in [0, 0.05) is 13.3 Å². The van der Waals surface area contributed by atoms with Gasteiger partial charge in [0.1, 0.15) is 12.8 Å². The molecule has 0 spiro atoms. The molecule has 1 aliphatic carbocycles. The highest BCUT2D eigenvalue weighted by molar-refractivity contribution is 6.74. The number of hydrogen-bond acceptors (Lipinski definition) is 3. The zero-order valence-electron chi connectivity index (χ0n) is 14.7. The van der Waals surface area contributed by atoms with Crippen molar-refractivity contribution in [1.29, 1.82) is 0 Å². The molecular weight excluding hydrogens is 299 g/mol. The Kier molecular flexibility index (Phi) is 6.16. The first-order chi connectivity index (χ1) is 9.94. The topological polar surface area (TPSA) is 35.5 Å². The number of carbonyl (C=O) groups is 1. The smallest absolute Gasteiger partial charge is 0.302 e. The summed E-state index contributed by atoms with van der Waals surface area (Å²) in [4.78, 5) is 10.8. The highest BCUT2D eigenvalue weighted by Gasteiger charge is 2.41. The Labute approximate surface area is 134 Å². The fourth-order valence-corrected chi connectivity index (χ4v) is 3.56. The van der Waals surface area contributed by atoms with E-state index in [2.05, 4.69) is 40.4 Å². The molecular formula is C17H29FO3Si. The number of hydrogen-bond donors (Lipinski definition) is 0. The lowest BCUT2D eigenvalue weighted by Crippen LogP contribution is -2.45. The van der Waals surface area contributed by atoms with E-state index >= 15 is 0 Å². The van der Waals surface area contributed by atoms with Gasteiger partial charge >= 0.3 is 5.97 Å². The van der Waals surface area contributed by atoms with Crippen molar-refractivity contribution >= 4 is 14.3 Å². The summed E-state index contributed by atoms with van der Waals surface area (Å²) in [6.45, 7) is 16.2. The predicted molar refractivity (Wildman–Crippen MR) is 90.1 cm³/mol. The van der Waals surface area contributed by atoms with Gasteiger partial charge in [0.25, 0.3) is 0 Å². The molecule has 0 N–H and O–H groups in total. The zero-order chi connectivity index (χ0) is 17.1. The van der Waals surface area contributed by atoms with E-state index in [0.717, 1.165) is 5.57 Å². The lowest BCUT2D eigenvalue weighted by atomic mass is 9.87. The van der Waals surface area contributed by atoms with Crippen LogP contribution < -0.4 is 0 Å². The molecule has 0 aliphatic heterocycles. The van der Waals surface area contributed by atoms with Crippen molar-refractivity contribution in [3.05, 3.63) is 23.8 Å². The van der Waals surface area contributed by atoms with Crippen LogP contribution in [0.2, 0.25) is 18.1 Å². The quantitative estimate of drug-likeness (QED) is 0.561. The first kappa shape index (κ1) is 19.1. The number of halogens is 1. The van der Waals surface area contributed by atoms with Crippen LogP contribution in [-0.4, -0.2) is 33.2 Å². The standard InChI is InChI=1S/C17H29FO3Si/c1-12-14(8-9-20-13(2)19)10-15(11-16(12)18)21-22(6,7)17(3,4)5/h8,15-16H,1,9-11H2,2-7H3/b14-8+/t15-,16-/m1/s1. The van der Waals surface area contributed by atoms with Gasteiger partial charge in [0.2, 0.25) is 0 Å². The molecule has 0 aromatic rings. The molecule has 3 nitrogen and oxygen atoms in total. The summed E-state index contributed by atoms with van der Waals surface area (Å²) in [5, 5.41) is 0.0921. The monoisotopic (exact) mass is 328 g/mol. The molecule has 0 amide bonds. The number of carbonyl (C=O) groups excluding carboxylic acids is 1. The van der Waals surface area contributed by atoms with E-state index in [4.69, 9.17) is 9.16 Å². The second-order valence-electron chi connectivity index (χ2n) is 7.46. The third-order valence-electron chi connectivity index (χ3n) is 4.59. The van der Waals surface area contributed by atoms with Gasteiger partial charge in [0.15, 0.2) is 8.32 Å². The highest BCUT2D eigenvalue weighted by Crippen LogP contribution is 2.40. The minimum atomic E-state index is -1.93. The molecule has 0 aromatic carbocycles. The van der Waals surface area contributed by atoms with Crippen LogP contribution in [0.15, 0.2) is 23.8 Å². The van der Waals surface area contributed by atoms with Crippen LogP contribution in [0.25, 0.3) is 0 Å². The molecule has 1 saturated carbocycles. The molecule has 1 aliphatic rings. The van der Waals surface area contributed by atoms with Crippen LogP contribution in [0, 0.1) is 0 Å². The molecule has 0 radical (unpaired) electrons. The highest BCUT2D eigenvalue weighted by atomic mass is 28.4. The van der Waals surface area contributed by atoms with E-state index in [1.165, 1.54) is 6.92 Å². The molecule has 0 bridgehead atoms. The van der Waals surface area contributed by atoms with Crippen molar-refractivity contribution in [2.45, 2.75) is 70.9 Å². The Morgan fingerprint density at radius 1 is 1.45 bits per heavy atom. The summed E-state index contributed by atoms with van der Waals surface area (Å²) >= 11 is 0. The van der Waals surface area contributed by atoms with Crippen LogP contribution in [0.5, 0.6) is 0 Å². The molecule has 0 aromatic heterocycles. The van der Waals surface area contributed by atoms with Crippen molar-refractivity contribution in [2.24, 2.45) is 0 Å². The third kappa shape index (κ3) is 5.06. The molecule has 1 rings (SSSR count). The van der Waals surface area contributed by atoms with Gasteiger partial charge in [0.05, 0.1) is 6.10 Å². The number of rotatable bonds is 4. The van der Waals surface area contributed by atoms with E-state index in [1.807, 2.05) is 0 Å². The van der Waals surface area contributed by atoms with Crippen LogP contribution in [-0.2, 0) is 14.0 Å². The second kappa shape index (κ2) is 7.09. The normalized spacial score (nSPS) is 25.4. The average molecular weight is 329 g/mol. The maximum absolute atomic E-state index is 14.2. The largest absolute Gasteiger partial charge is 0.462 e. The van der Waals surface area contributed by atoms with Gasteiger partial charge in [-0.3, -0.25) is 4.79 Å². The maximum Gasteiger partial charge on any atom is 0.302 e. The number of ether oxygens (including phenoxy) is 1. The van der Waals surface area contributed by atoms with E-state index in [0.29, 0.717) is 18.4 Å². The van der Waals surface area contributed by atoms with Crippen LogP contribution in [0.4, 0.5) is 4.39 Å². The molecule has 5 heteroatoms. The van der Waals surface area contributed by atoms with E-state index < -0.39 is 14.5 Å². The number of allylic oxidation sites excluding steroid dienone is 1. The Balaban J connectivity index is 2.79. The molecule has 2 atom stereocenters. The number of esters is 1. The van der Waals surface area contributed by atoms with Crippen molar-refractivity contribution < 1.29 is 18.3 Å². The summed E-state index contributed by atoms with van der Waals surface area (Å²) in [5.74, 6) is -0.343. The van der Waals surface area contributed by atoms with E-state index in [9.17, 15) is 9.18 Å². The van der Waals surface area contributed by atoms with Crippen molar-refractivity contribution in [3.8, 4) is 0 Å². The average Bonchev–Trinajstić information content (AvgIpc) is 2.32. The summed E-state index contributed by atoms with van der Waals surface area (Å²) in [6, 6.07) is 0. The summed E-state index contributed by atoms with van der Waals surface area (Å²) in [7, 11) is -1.93. The minimum absolute atomic E-state index is 0.0921. The first-order valence-electron chi connectivity index (χ1n) is 7.77. The summed E-state index contributed by atoms with van der Waals surface area (Å²) in [6.07, 6.45) is 1.51. The van der Waals surface area contributed by atoms with Crippen LogP contribution >= 0.6 is 0 Å². The zero-order valence-corrected chi connectivity index (χ0v) is 15.7. The summed E-state index contributed by atoms with van der Waals surface area (Å²) in [5.41, 5.74) is 1.30.